The SMILES string of the molecule is CN1C(=O)c2ccc(C(=O)Nc3cc(C(F)(F)F)ccc3N(C)C)cc2C1=O. The Bertz CT molecular complexity index is 1000. The molecule has 28 heavy (non-hydrogen) atoms. The number of rotatable bonds is 3. The predicted octanol–water partition coefficient (Wildman–Crippen LogP) is 3.25. The summed E-state index contributed by atoms with van der Waals surface area (Å²) in [5.74, 6) is -1.71. The normalized spacial score (nSPS) is 13.6. The first-order chi connectivity index (χ1) is 13.0. The van der Waals surface area contributed by atoms with Gasteiger partial charge in [0.1, 0.15) is 0 Å². The number of nitrogens with one attached hydrogen (secondary N) is 1. The van der Waals surface area contributed by atoms with Gasteiger partial charge in [-0.25, -0.2) is 0 Å². The van der Waals surface area contributed by atoms with Crippen LogP contribution in [0.1, 0.15) is 36.6 Å². The number of benzene rings is 2. The zero-order valence-corrected chi connectivity index (χ0v) is 15.2. The summed E-state index contributed by atoms with van der Waals surface area (Å²) in [5.41, 5.74) is -0.227. The van der Waals surface area contributed by atoms with Crippen LogP contribution in [0, 0.1) is 0 Å². The standard InChI is InChI=1S/C19H16F3N3O3/c1-24(2)15-7-5-11(19(20,21)22)9-14(15)23-16(26)10-4-6-12-13(8-10)18(28)25(3)17(12)27/h4-9H,1-3H3,(H,23,26). The van der Waals surface area contributed by atoms with Crippen LogP contribution in [0.25, 0.3) is 0 Å². The molecule has 1 aliphatic heterocycles. The lowest BCUT2D eigenvalue weighted by molar-refractivity contribution is -0.137. The van der Waals surface area contributed by atoms with Crippen LogP contribution in [0.15, 0.2) is 36.4 Å². The fourth-order valence-corrected chi connectivity index (χ4v) is 2.90. The van der Waals surface area contributed by atoms with Crippen LogP contribution in [0.5, 0.6) is 0 Å². The molecule has 0 aromatic heterocycles. The summed E-state index contributed by atoms with van der Waals surface area (Å²) in [6, 6.07) is 7.01. The Labute approximate surface area is 158 Å². The smallest absolute Gasteiger partial charge is 0.376 e. The monoisotopic (exact) mass is 391 g/mol. The average Bonchev–Trinajstić information content (AvgIpc) is 2.84. The van der Waals surface area contributed by atoms with Gasteiger partial charge in [0, 0.05) is 26.7 Å². The summed E-state index contributed by atoms with van der Waals surface area (Å²) in [7, 11) is 4.60. The van der Waals surface area contributed by atoms with Gasteiger partial charge < -0.3 is 10.2 Å². The van der Waals surface area contributed by atoms with Crippen molar-refractivity contribution >= 4 is 29.1 Å². The number of hydrogen-bond donors (Lipinski definition) is 1. The molecule has 146 valence electrons. The molecule has 1 N–H and O–H groups in total. The van der Waals surface area contributed by atoms with E-state index in [0.717, 1.165) is 17.0 Å². The molecule has 9 heteroatoms. The highest BCUT2D eigenvalue weighted by atomic mass is 19.4. The lowest BCUT2D eigenvalue weighted by Crippen LogP contribution is -2.24. The third-order valence-electron chi connectivity index (χ3n) is 4.41. The fourth-order valence-electron chi connectivity index (χ4n) is 2.90. The van der Waals surface area contributed by atoms with E-state index in [1.54, 1.807) is 19.0 Å². The molecular formula is C19H16F3N3O3. The van der Waals surface area contributed by atoms with Crippen molar-refractivity contribution in [2.75, 3.05) is 31.4 Å². The van der Waals surface area contributed by atoms with E-state index in [4.69, 9.17) is 0 Å². The molecule has 2 aromatic carbocycles. The van der Waals surface area contributed by atoms with E-state index in [2.05, 4.69) is 5.32 Å². The summed E-state index contributed by atoms with van der Waals surface area (Å²) in [4.78, 5) is 39.1. The largest absolute Gasteiger partial charge is 0.416 e. The van der Waals surface area contributed by atoms with Gasteiger partial charge in [-0.15, -0.1) is 0 Å². The van der Waals surface area contributed by atoms with E-state index in [-0.39, 0.29) is 22.4 Å². The van der Waals surface area contributed by atoms with Crippen molar-refractivity contribution in [3.8, 4) is 0 Å². The number of imide groups is 1. The Morgan fingerprint density at radius 3 is 2.25 bits per heavy atom. The lowest BCUT2D eigenvalue weighted by Gasteiger charge is -2.20. The van der Waals surface area contributed by atoms with Crippen LogP contribution in [-0.2, 0) is 6.18 Å². The first-order valence-electron chi connectivity index (χ1n) is 8.17. The van der Waals surface area contributed by atoms with Crippen molar-refractivity contribution in [1.82, 2.24) is 4.90 Å². The summed E-state index contributed by atoms with van der Waals surface area (Å²) < 4.78 is 39.1. The Kier molecular flexibility index (Phi) is 4.62. The summed E-state index contributed by atoms with van der Waals surface area (Å²) >= 11 is 0. The molecule has 6 nitrogen and oxygen atoms in total. The van der Waals surface area contributed by atoms with Crippen molar-refractivity contribution in [3.05, 3.63) is 58.7 Å². The minimum Gasteiger partial charge on any atom is -0.376 e. The van der Waals surface area contributed by atoms with Crippen LogP contribution in [0.2, 0.25) is 0 Å². The maximum absolute atomic E-state index is 13.0. The number of halogens is 3. The van der Waals surface area contributed by atoms with Crippen LogP contribution in [-0.4, -0.2) is 43.8 Å². The lowest BCUT2D eigenvalue weighted by atomic mass is 10.0. The summed E-state index contributed by atoms with van der Waals surface area (Å²) in [6.45, 7) is 0. The van der Waals surface area contributed by atoms with Gasteiger partial charge in [-0.05, 0) is 36.4 Å². The van der Waals surface area contributed by atoms with Gasteiger partial charge >= 0.3 is 6.18 Å². The maximum atomic E-state index is 13.0. The number of fused-ring (bicyclic) bond motifs is 1. The number of hydrogen-bond acceptors (Lipinski definition) is 4. The highest BCUT2D eigenvalue weighted by molar-refractivity contribution is 6.22. The molecule has 0 aliphatic carbocycles. The second-order valence-corrected chi connectivity index (χ2v) is 6.51. The third-order valence-corrected chi connectivity index (χ3v) is 4.41. The van der Waals surface area contributed by atoms with E-state index in [9.17, 15) is 27.6 Å². The van der Waals surface area contributed by atoms with Gasteiger partial charge in [0.25, 0.3) is 17.7 Å². The molecule has 1 heterocycles. The van der Waals surface area contributed by atoms with E-state index < -0.39 is 29.5 Å². The Morgan fingerprint density at radius 1 is 1.00 bits per heavy atom. The number of amides is 3. The van der Waals surface area contributed by atoms with Crippen LogP contribution in [0.4, 0.5) is 24.5 Å². The van der Waals surface area contributed by atoms with Crippen LogP contribution >= 0.6 is 0 Å². The number of alkyl halides is 3. The van der Waals surface area contributed by atoms with Crippen molar-refractivity contribution in [2.24, 2.45) is 0 Å². The predicted molar refractivity (Wildman–Crippen MR) is 96.6 cm³/mol. The number of nitrogens with zero attached hydrogens (tertiary/aromatic N) is 2. The van der Waals surface area contributed by atoms with E-state index in [1.807, 2.05) is 0 Å². The molecule has 0 fully saturated rings. The van der Waals surface area contributed by atoms with Crippen molar-refractivity contribution in [2.45, 2.75) is 6.18 Å². The fraction of sp³-hybridized carbons (Fsp3) is 0.211. The molecule has 0 saturated heterocycles. The maximum Gasteiger partial charge on any atom is 0.416 e. The molecule has 0 bridgehead atoms. The molecule has 3 rings (SSSR count). The highest BCUT2D eigenvalue weighted by Crippen LogP contribution is 2.35. The Morgan fingerprint density at radius 2 is 1.64 bits per heavy atom. The molecule has 0 spiro atoms. The van der Waals surface area contributed by atoms with Gasteiger partial charge in [-0.2, -0.15) is 13.2 Å². The molecular weight excluding hydrogens is 375 g/mol. The Balaban J connectivity index is 1.96. The molecule has 0 unspecified atom stereocenters. The summed E-state index contributed by atoms with van der Waals surface area (Å²) in [5, 5.41) is 2.46. The van der Waals surface area contributed by atoms with Crippen LogP contribution < -0.4 is 10.2 Å². The van der Waals surface area contributed by atoms with Crippen molar-refractivity contribution < 1.29 is 27.6 Å². The van der Waals surface area contributed by atoms with Crippen molar-refractivity contribution in [1.29, 1.82) is 0 Å². The molecule has 0 radical (unpaired) electrons. The van der Waals surface area contributed by atoms with Gasteiger partial charge in [0.05, 0.1) is 28.1 Å². The van der Waals surface area contributed by atoms with Gasteiger partial charge in [-0.3, -0.25) is 19.3 Å². The number of carbonyl (C=O) groups excluding carboxylic acids is 3. The number of carbonyl (C=O) groups is 3. The molecule has 0 atom stereocenters. The third kappa shape index (κ3) is 3.30. The average molecular weight is 391 g/mol. The zero-order chi connectivity index (χ0) is 20.8. The summed E-state index contributed by atoms with van der Waals surface area (Å²) in [6.07, 6.45) is -4.56. The van der Waals surface area contributed by atoms with Gasteiger partial charge in [-0.1, -0.05) is 0 Å². The van der Waals surface area contributed by atoms with Gasteiger partial charge in [0.15, 0.2) is 0 Å². The minimum atomic E-state index is -4.56. The first kappa shape index (κ1) is 19.4. The van der Waals surface area contributed by atoms with Crippen LogP contribution in [0.3, 0.4) is 0 Å². The first-order valence-corrected chi connectivity index (χ1v) is 8.17. The van der Waals surface area contributed by atoms with Gasteiger partial charge in [0.2, 0.25) is 0 Å². The highest BCUT2D eigenvalue weighted by Gasteiger charge is 2.34. The molecule has 3 amide bonds. The van der Waals surface area contributed by atoms with E-state index in [1.165, 1.54) is 31.3 Å². The zero-order valence-electron chi connectivity index (χ0n) is 15.2. The number of anilines is 2. The topological polar surface area (TPSA) is 69.7 Å². The van der Waals surface area contributed by atoms with E-state index >= 15 is 0 Å². The molecule has 2 aromatic rings. The minimum absolute atomic E-state index is 0.0233. The Hall–Kier alpha value is -3.36. The molecule has 0 saturated carbocycles. The second-order valence-electron chi connectivity index (χ2n) is 6.51. The quantitative estimate of drug-likeness (QED) is 0.816. The van der Waals surface area contributed by atoms with E-state index in [0.29, 0.717) is 5.69 Å². The molecule has 1 aliphatic rings. The van der Waals surface area contributed by atoms with Crippen molar-refractivity contribution in [3.63, 3.8) is 0 Å². The second kappa shape index (κ2) is 6.66.